The number of fused-ring (bicyclic) bond motifs is 3. The Bertz CT molecular complexity index is 1330. The topological polar surface area (TPSA) is 110 Å². The third-order valence-electron chi connectivity index (χ3n) is 6.67. The number of ether oxygens (including phenoxy) is 2. The van der Waals surface area contributed by atoms with Gasteiger partial charge in [0, 0.05) is 25.2 Å². The van der Waals surface area contributed by atoms with Crippen LogP contribution in [0, 0.1) is 0 Å². The van der Waals surface area contributed by atoms with E-state index in [9.17, 15) is 35.9 Å². The Morgan fingerprint density at radius 1 is 1.05 bits per heavy atom. The van der Waals surface area contributed by atoms with Crippen molar-refractivity contribution in [3.8, 4) is 11.4 Å². The van der Waals surface area contributed by atoms with Crippen molar-refractivity contribution in [1.82, 2.24) is 19.9 Å². The summed E-state index contributed by atoms with van der Waals surface area (Å²) in [5.41, 5.74) is -3.73. The fourth-order valence-corrected chi connectivity index (χ4v) is 5.16. The zero-order valence-electron chi connectivity index (χ0n) is 21.4. The average Bonchev–Trinajstić information content (AvgIpc) is 3.09. The summed E-state index contributed by atoms with van der Waals surface area (Å²) in [6.45, 7) is 5.48. The van der Waals surface area contributed by atoms with Crippen LogP contribution in [0.1, 0.15) is 50.8 Å². The van der Waals surface area contributed by atoms with Crippen LogP contribution in [0.15, 0.2) is 18.5 Å². The molecule has 0 radical (unpaired) electrons. The lowest BCUT2D eigenvalue weighted by atomic mass is 10.0. The third-order valence-corrected chi connectivity index (χ3v) is 6.67. The Kier molecular flexibility index (Phi) is 6.49. The van der Waals surface area contributed by atoms with Crippen LogP contribution < -0.4 is 10.2 Å². The van der Waals surface area contributed by atoms with Crippen molar-refractivity contribution in [2.75, 3.05) is 23.3 Å². The number of carbonyl (C=O) groups excluding carboxylic acids is 2. The molecule has 16 heteroatoms. The van der Waals surface area contributed by atoms with Gasteiger partial charge in [0.2, 0.25) is 6.10 Å². The van der Waals surface area contributed by atoms with Gasteiger partial charge in [0.1, 0.15) is 29.3 Å². The van der Waals surface area contributed by atoms with Crippen molar-refractivity contribution in [3.05, 3.63) is 29.6 Å². The van der Waals surface area contributed by atoms with Crippen LogP contribution in [0.5, 0.6) is 0 Å². The maximum absolute atomic E-state index is 14.0. The molecule has 3 unspecified atom stereocenters. The van der Waals surface area contributed by atoms with Crippen LogP contribution in [0.3, 0.4) is 0 Å². The van der Waals surface area contributed by atoms with Crippen molar-refractivity contribution in [2.24, 2.45) is 0 Å². The summed E-state index contributed by atoms with van der Waals surface area (Å²) in [6, 6.07) is 0.611. The molecule has 0 spiro atoms. The SMILES string of the molecule is CC(C)(C)OC(=O)N1CC2CCC(C1)N2c1cc(C(F)(F)F)cc(-c2ncnc3c2C(C(F)(F)F)OC(=O)N3)n1. The number of pyridine rings is 1. The van der Waals surface area contributed by atoms with Gasteiger partial charge in [-0.2, -0.15) is 26.3 Å². The highest BCUT2D eigenvalue weighted by atomic mass is 19.4. The molecule has 5 heterocycles. The number of piperazine rings is 1. The van der Waals surface area contributed by atoms with E-state index in [-0.39, 0.29) is 18.9 Å². The number of amides is 2. The molecular weight excluding hydrogens is 550 g/mol. The summed E-state index contributed by atoms with van der Waals surface area (Å²) in [4.78, 5) is 39.3. The molecule has 0 aliphatic carbocycles. The largest absolute Gasteiger partial charge is 0.444 e. The minimum Gasteiger partial charge on any atom is -0.444 e. The summed E-state index contributed by atoms with van der Waals surface area (Å²) in [5.74, 6) is -0.673. The van der Waals surface area contributed by atoms with Crippen LogP contribution in [0.2, 0.25) is 0 Å². The molecule has 2 saturated heterocycles. The zero-order chi connectivity index (χ0) is 29.2. The molecule has 2 fully saturated rings. The number of rotatable bonds is 2. The van der Waals surface area contributed by atoms with E-state index < -0.39 is 76.7 Å². The number of nitrogens with one attached hydrogen (secondary N) is 1. The Balaban J connectivity index is 1.57. The van der Waals surface area contributed by atoms with Crippen LogP contribution in [-0.2, 0) is 15.7 Å². The Morgan fingerprint density at radius 3 is 2.27 bits per heavy atom. The number of anilines is 2. The van der Waals surface area contributed by atoms with Gasteiger partial charge in [-0.15, -0.1) is 0 Å². The lowest BCUT2D eigenvalue weighted by molar-refractivity contribution is -0.206. The van der Waals surface area contributed by atoms with Crippen molar-refractivity contribution < 1.29 is 45.4 Å². The maximum Gasteiger partial charge on any atom is 0.430 e. The maximum atomic E-state index is 14.0. The molecule has 0 aromatic carbocycles. The van der Waals surface area contributed by atoms with Crippen LogP contribution >= 0.6 is 0 Å². The molecule has 216 valence electrons. The molecule has 40 heavy (non-hydrogen) atoms. The molecule has 2 amide bonds. The van der Waals surface area contributed by atoms with E-state index in [2.05, 4.69) is 19.7 Å². The van der Waals surface area contributed by atoms with Crippen LogP contribution in [-0.4, -0.2) is 69.0 Å². The number of hydrogen-bond acceptors (Lipinski definition) is 8. The molecule has 5 rings (SSSR count). The van der Waals surface area contributed by atoms with Crippen molar-refractivity contribution in [3.63, 3.8) is 0 Å². The second-order valence-corrected chi connectivity index (χ2v) is 10.7. The summed E-state index contributed by atoms with van der Waals surface area (Å²) >= 11 is 0. The number of aromatic nitrogens is 3. The molecule has 2 aromatic heterocycles. The minimum absolute atomic E-state index is 0.127. The standard InChI is InChI=1S/C24H24F6N6O4/c1-22(2,3)40-21(38)35-8-12-4-5-13(9-35)36(12)15-7-11(23(25,26)27)6-14(33-15)17-16-18(24(28,29)30)39-20(37)34-19(16)32-10-31-17/h6-7,10,12-13,18H,4-5,8-9H2,1-3H3,(H,31,32,34,37). The number of likely N-dealkylation sites (tertiary alicyclic amines) is 1. The highest BCUT2D eigenvalue weighted by Crippen LogP contribution is 2.46. The van der Waals surface area contributed by atoms with Crippen LogP contribution in [0.4, 0.5) is 47.6 Å². The number of hydrogen-bond donors (Lipinski definition) is 1. The van der Waals surface area contributed by atoms with E-state index in [1.54, 1.807) is 25.7 Å². The van der Waals surface area contributed by atoms with E-state index in [0.29, 0.717) is 18.9 Å². The van der Waals surface area contributed by atoms with E-state index in [0.717, 1.165) is 12.4 Å². The second kappa shape index (κ2) is 9.37. The van der Waals surface area contributed by atoms with E-state index >= 15 is 0 Å². The van der Waals surface area contributed by atoms with Gasteiger partial charge < -0.3 is 19.3 Å². The number of carbonyl (C=O) groups is 2. The lowest BCUT2D eigenvalue weighted by Gasteiger charge is -2.42. The van der Waals surface area contributed by atoms with Gasteiger partial charge in [0.15, 0.2) is 0 Å². The van der Waals surface area contributed by atoms with Crippen molar-refractivity contribution >= 4 is 23.8 Å². The molecular formula is C24H24F6N6O4. The fourth-order valence-electron chi connectivity index (χ4n) is 5.16. The first-order chi connectivity index (χ1) is 18.5. The summed E-state index contributed by atoms with van der Waals surface area (Å²) in [7, 11) is 0. The predicted octanol–water partition coefficient (Wildman–Crippen LogP) is 5.31. The quantitative estimate of drug-likeness (QED) is 0.481. The predicted molar refractivity (Wildman–Crippen MR) is 126 cm³/mol. The molecule has 10 nitrogen and oxygen atoms in total. The highest BCUT2D eigenvalue weighted by molar-refractivity contribution is 5.88. The van der Waals surface area contributed by atoms with Gasteiger partial charge in [-0.05, 0) is 45.7 Å². The minimum atomic E-state index is -5.10. The Morgan fingerprint density at radius 2 is 1.70 bits per heavy atom. The molecule has 3 atom stereocenters. The van der Waals surface area contributed by atoms with Gasteiger partial charge in [0.05, 0.1) is 16.8 Å². The monoisotopic (exact) mass is 574 g/mol. The van der Waals surface area contributed by atoms with Gasteiger partial charge in [-0.25, -0.2) is 24.5 Å². The summed E-state index contributed by atoms with van der Waals surface area (Å²) in [6.07, 6.45) is -12.8. The smallest absolute Gasteiger partial charge is 0.430 e. The fraction of sp³-hybridized carbons (Fsp3) is 0.542. The van der Waals surface area contributed by atoms with Crippen molar-refractivity contribution in [2.45, 2.75) is 69.8 Å². The Labute approximate surface area is 223 Å². The lowest BCUT2D eigenvalue weighted by Crippen LogP contribution is -2.56. The molecule has 3 aliphatic heterocycles. The highest BCUT2D eigenvalue weighted by Gasteiger charge is 2.50. The number of nitrogens with zero attached hydrogens (tertiary/aromatic N) is 5. The van der Waals surface area contributed by atoms with Crippen LogP contribution in [0.25, 0.3) is 11.4 Å². The normalized spacial score (nSPS) is 22.9. The summed E-state index contributed by atoms with van der Waals surface area (Å²) < 4.78 is 93.4. The molecule has 0 saturated carbocycles. The van der Waals surface area contributed by atoms with Crippen molar-refractivity contribution in [1.29, 1.82) is 0 Å². The number of alkyl halides is 6. The van der Waals surface area contributed by atoms with E-state index in [4.69, 9.17) is 4.74 Å². The number of halogens is 6. The second-order valence-electron chi connectivity index (χ2n) is 10.7. The van der Waals surface area contributed by atoms with E-state index in [1.807, 2.05) is 5.32 Å². The third kappa shape index (κ3) is 5.30. The average molecular weight is 574 g/mol. The molecule has 1 N–H and O–H groups in total. The van der Waals surface area contributed by atoms with Gasteiger partial charge in [0.25, 0.3) is 0 Å². The molecule has 3 aliphatic rings. The van der Waals surface area contributed by atoms with Gasteiger partial charge >= 0.3 is 24.5 Å². The molecule has 2 aromatic rings. The van der Waals surface area contributed by atoms with E-state index in [1.165, 1.54) is 4.90 Å². The van der Waals surface area contributed by atoms with Gasteiger partial charge in [-0.3, -0.25) is 5.32 Å². The number of cyclic esters (lactones) is 1. The first-order valence-corrected chi connectivity index (χ1v) is 12.3. The first-order valence-electron chi connectivity index (χ1n) is 12.3. The Hall–Kier alpha value is -3.85. The van der Waals surface area contributed by atoms with Gasteiger partial charge in [-0.1, -0.05) is 0 Å². The summed E-state index contributed by atoms with van der Waals surface area (Å²) in [5, 5.41) is 2.03. The molecule has 2 bridgehead atoms. The zero-order valence-corrected chi connectivity index (χ0v) is 21.4. The first kappa shape index (κ1) is 27.7.